The molecule has 5 heteroatoms. The quantitative estimate of drug-likeness (QED) is 0.624. The second-order valence-electron chi connectivity index (χ2n) is 1.82. The van der Waals surface area contributed by atoms with Crippen molar-refractivity contribution in [1.29, 1.82) is 0 Å². The Balaban J connectivity index is 2.97. The van der Waals surface area contributed by atoms with Crippen LogP contribution in [0.4, 0.5) is 5.95 Å². The van der Waals surface area contributed by atoms with Gasteiger partial charge >= 0.3 is 6.01 Å². The number of hydrogen-bond donors (Lipinski definition) is 1. The van der Waals surface area contributed by atoms with Gasteiger partial charge in [0.2, 0.25) is 5.95 Å². The van der Waals surface area contributed by atoms with Crippen LogP contribution in [0.5, 0.6) is 6.01 Å². The second kappa shape index (κ2) is 2.55. The van der Waals surface area contributed by atoms with Crippen LogP contribution >= 0.6 is 0 Å². The average molecular weight is 142 g/mol. The van der Waals surface area contributed by atoms with Crippen LogP contribution in [-0.4, -0.2) is 28.9 Å². The maximum absolute atomic E-state index is 4.88. The molecule has 10 heavy (non-hydrogen) atoms. The van der Waals surface area contributed by atoms with Crippen molar-refractivity contribution in [2.24, 2.45) is 7.05 Å². The maximum atomic E-state index is 4.88. The van der Waals surface area contributed by atoms with E-state index < -0.39 is 0 Å². The Hall–Kier alpha value is -1.26. The van der Waals surface area contributed by atoms with Gasteiger partial charge < -0.3 is 10.1 Å². The number of rotatable bonds is 2. The molecule has 0 aromatic carbocycles. The van der Waals surface area contributed by atoms with E-state index in [0.717, 1.165) is 0 Å². The highest BCUT2D eigenvalue weighted by molar-refractivity contribution is 5.25. The van der Waals surface area contributed by atoms with E-state index in [1.165, 1.54) is 0 Å². The van der Waals surface area contributed by atoms with Crippen molar-refractivity contribution in [2.45, 2.75) is 0 Å². The number of ether oxygens (including phenoxy) is 1. The first-order valence-corrected chi connectivity index (χ1v) is 2.90. The van der Waals surface area contributed by atoms with Gasteiger partial charge in [0.15, 0.2) is 0 Å². The van der Waals surface area contributed by atoms with Gasteiger partial charge in [-0.2, -0.15) is 0 Å². The minimum atomic E-state index is 0.504. The van der Waals surface area contributed by atoms with Gasteiger partial charge in [-0.25, -0.2) is 0 Å². The van der Waals surface area contributed by atoms with Gasteiger partial charge in [0.1, 0.15) is 0 Å². The number of nitrogens with zero attached hydrogens (tertiary/aromatic N) is 3. The van der Waals surface area contributed by atoms with Crippen LogP contribution in [0.25, 0.3) is 0 Å². The van der Waals surface area contributed by atoms with Crippen LogP contribution in [0.15, 0.2) is 0 Å². The Morgan fingerprint density at radius 2 is 2.20 bits per heavy atom. The van der Waals surface area contributed by atoms with Crippen LogP contribution < -0.4 is 10.1 Å². The highest BCUT2D eigenvalue weighted by Crippen LogP contribution is 2.09. The third-order valence-electron chi connectivity index (χ3n) is 1.24. The van der Waals surface area contributed by atoms with E-state index in [2.05, 4.69) is 15.5 Å². The largest absolute Gasteiger partial charge is 0.467 e. The molecule has 0 saturated heterocycles. The minimum Gasteiger partial charge on any atom is -0.467 e. The van der Waals surface area contributed by atoms with E-state index in [1.807, 2.05) is 7.05 Å². The van der Waals surface area contributed by atoms with E-state index in [-0.39, 0.29) is 0 Å². The highest BCUT2D eigenvalue weighted by atomic mass is 16.5. The second-order valence-corrected chi connectivity index (χ2v) is 1.82. The fourth-order valence-corrected chi connectivity index (χ4v) is 0.710. The Morgan fingerprint density at radius 1 is 1.50 bits per heavy atom. The molecule has 1 rings (SSSR count). The molecule has 56 valence electrons. The standard InChI is InChI=1S/C5H10N4O/c1-6-4-7-8-5(10-3)9(4)2/h1-3H3,(H,6,7). The highest BCUT2D eigenvalue weighted by Gasteiger charge is 2.04. The first kappa shape index (κ1) is 6.85. The lowest BCUT2D eigenvalue weighted by atomic mass is 10.9. The normalized spacial score (nSPS) is 9.50. The Bertz CT molecular complexity index is 198. The topological polar surface area (TPSA) is 52.0 Å². The molecule has 0 aliphatic rings. The zero-order chi connectivity index (χ0) is 7.56. The summed E-state index contributed by atoms with van der Waals surface area (Å²) in [7, 11) is 5.16. The third kappa shape index (κ3) is 0.896. The molecular weight excluding hydrogens is 132 g/mol. The molecule has 1 heterocycles. The minimum absolute atomic E-state index is 0.504. The summed E-state index contributed by atoms with van der Waals surface area (Å²) in [5, 5.41) is 10.4. The van der Waals surface area contributed by atoms with E-state index in [4.69, 9.17) is 4.74 Å². The van der Waals surface area contributed by atoms with Gasteiger partial charge in [0, 0.05) is 14.1 Å². The summed E-state index contributed by atoms with van der Waals surface area (Å²) in [6, 6.07) is 0.504. The molecule has 0 atom stereocenters. The molecule has 0 unspecified atom stereocenters. The summed E-state index contributed by atoms with van der Waals surface area (Å²) < 4.78 is 6.60. The molecule has 0 aliphatic carbocycles. The van der Waals surface area contributed by atoms with Gasteiger partial charge in [-0.15, -0.1) is 5.10 Å². The lowest BCUT2D eigenvalue weighted by Crippen LogP contribution is -1.99. The number of methoxy groups -OCH3 is 1. The molecule has 1 aromatic rings. The number of nitrogens with one attached hydrogen (secondary N) is 1. The fourth-order valence-electron chi connectivity index (χ4n) is 0.710. The van der Waals surface area contributed by atoms with E-state index in [0.29, 0.717) is 12.0 Å². The molecule has 0 fully saturated rings. The van der Waals surface area contributed by atoms with Crippen molar-refractivity contribution < 1.29 is 4.74 Å². The average Bonchev–Trinajstić information content (AvgIpc) is 2.30. The SMILES string of the molecule is CNc1nnc(OC)n1C. The van der Waals surface area contributed by atoms with Gasteiger partial charge in [0.05, 0.1) is 7.11 Å². The molecule has 1 aromatic heterocycles. The Kier molecular flexibility index (Phi) is 1.75. The molecule has 0 radical (unpaired) electrons. The van der Waals surface area contributed by atoms with Gasteiger partial charge in [-0.1, -0.05) is 5.10 Å². The number of aromatic nitrogens is 3. The summed E-state index contributed by atoms with van der Waals surface area (Å²) >= 11 is 0. The smallest absolute Gasteiger partial charge is 0.317 e. The van der Waals surface area contributed by atoms with E-state index in [1.54, 1.807) is 18.7 Å². The van der Waals surface area contributed by atoms with E-state index >= 15 is 0 Å². The molecule has 0 saturated carbocycles. The zero-order valence-electron chi connectivity index (χ0n) is 6.25. The maximum Gasteiger partial charge on any atom is 0.317 e. The Labute approximate surface area is 59.0 Å². The molecule has 1 N–H and O–H groups in total. The molecule has 5 nitrogen and oxygen atoms in total. The first-order valence-electron chi connectivity index (χ1n) is 2.90. The van der Waals surface area contributed by atoms with Gasteiger partial charge in [-0.3, -0.25) is 4.57 Å². The summed E-state index contributed by atoms with van der Waals surface area (Å²) in [5.74, 6) is 0.692. The molecule has 0 bridgehead atoms. The van der Waals surface area contributed by atoms with Gasteiger partial charge in [-0.05, 0) is 0 Å². The number of anilines is 1. The summed E-state index contributed by atoms with van der Waals surface area (Å²) in [5.41, 5.74) is 0. The number of hydrogen-bond acceptors (Lipinski definition) is 4. The lowest BCUT2D eigenvalue weighted by molar-refractivity contribution is 0.365. The lowest BCUT2D eigenvalue weighted by Gasteiger charge is -1.99. The van der Waals surface area contributed by atoms with Crippen molar-refractivity contribution >= 4 is 5.95 Å². The van der Waals surface area contributed by atoms with E-state index in [9.17, 15) is 0 Å². The predicted molar refractivity (Wildman–Crippen MR) is 37.1 cm³/mol. The first-order chi connectivity index (χ1) is 4.79. The zero-order valence-corrected chi connectivity index (χ0v) is 6.25. The van der Waals surface area contributed by atoms with Crippen LogP contribution in [0.2, 0.25) is 0 Å². The van der Waals surface area contributed by atoms with Crippen molar-refractivity contribution in [3.63, 3.8) is 0 Å². The molecular formula is C5H10N4O. The van der Waals surface area contributed by atoms with Crippen LogP contribution in [-0.2, 0) is 7.05 Å². The van der Waals surface area contributed by atoms with Crippen molar-refractivity contribution in [3.8, 4) is 6.01 Å². The third-order valence-corrected chi connectivity index (χ3v) is 1.24. The summed E-state index contributed by atoms with van der Waals surface area (Å²) in [4.78, 5) is 0. The van der Waals surface area contributed by atoms with Crippen LogP contribution in [0.1, 0.15) is 0 Å². The van der Waals surface area contributed by atoms with Crippen LogP contribution in [0.3, 0.4) is 0 Å². The van der Waals surface area contributed by atoms with Crippen molar-refractivity contribution in [2.75, 3.05) is 19.5 Å². The summed E-state index contributed by atoms with van der Waals surface area (Å²) in [6.07, 6.45) is 0. The summed E-state index contributed by atoms with van der Waals surface area (Å²) in [6.45, 7) is 0. The van der Waals surface area contributed by atoms with Crippen LogP contribution in [0, 0.1) is 0 Å². The van der Waals surface area contributed by atoms with Crippen molar-refractivity contribution in [1.82, 2.24) is 14.8 Å². The fraction of sp³-hybridized carbons (Fsp3) is 0.600. The van der Waals surface area contributed by atoms with Crippen molar-refractivity contribution in [3.05, 3.63) is 0 Å². The molecule has 0 spiro atoms. The predicted octanol–water partition coefficient (Wildman–Crippen LogP) is -0.135. The molecule has 0 amide bonds. The molecule has 0 aliphatic heterocycles. The Morgan fingerprint density at radius 3 is 2.50 bits per heavy atom. The van der Waals surface area contributed by atoms with Gasteiger partial charge in [0.25, 0.3) is 0 Å². The monoisotopic (exact) mass is 142 g/mol.